The summed E-state index contributed by atoms with van der Waals surface area (Å²) in [5.41, 5.74) is 0.925. The van der Waals surface area contributed by atoms with Crippen LogP contribution in [0.1, 0.15) is 25.3 Å². The summed E-state index contributed by atoms with van der Waals surface area (Å²) in [6.45, 7) is 6.79. The van der Waals surface area contributed by atoms with Gasteiger partial charge in [0.05, 0.1) is 20.8 Å². The summed E-state index contributed by atoms with van der Waals surface area (Å²) in [6, 6.07) is 5.56. The van der Waals surface area contributed by atoms with Gasteiger partial charge in [0, 0.05) is 25.7 Å². The highest BCUT2D eigenvalue weighted by Gasteiger charge is 2.22. The van der Waals surface area contributed by atoms with Gasteiger partial charge >= 0.3 is 6.03 Å². The summed E-state index contributed by atoms with van der Waals surface area (Å²) in [5.74, 6) is 2.06. The monoisotopic (exact) mass is 349 g/mol. The van der Waals surface area contributed by atoms with E-state index in [0.717, 1.165) is 49.7 Å². The SMILES string of the molecule is CCCN1CCC(CNC(=O)N(C)Cc2cc(OC)ccc2OC)C1. The van der Waals surface area contributed by atoms with Crippen molar-refractivity contribution in [1.29, 1.82) is 0 Å². The molecule has 0 bridgehead atoms. The van der Waals surface area contributed by atoms with E-state index in [2.05, 4.69) is 17.1 Å². The normalized spacial score (nSPS) is 17.4. The van der Waals surface area contributed by atoms with E-state index in [-0.39, 0.29) is 6.03 Å². The van der Waals surface area contributed by atoms with E-state index in [1.165, 1.54) is 6.42 Å². The molecule has 6 heteroatoms. The first-order chi connectivity index (χ1) is 12.1. The van der Waals surface area contributed by atoms with Crippen molar-refractivity contribution in [2.75, 3.05) is 47.4 Å². The molecule has 0 aromatic heterocycles. The molecule has 25 heavy (non-hydrogen) atoms. The molecule has 1 heterocycles. The topological polar surface area (TPSA) is 54.0 Å². The molecule has 0 saturated carbocycles. The maximum absolute atomic E-state index is 12.4. The third kappa shape index (κ3) is 5.53. The molecule has 2 rings (SSSR count). The largest absolute Gasteiger partial charge is 0.497 e. The molecule has 1 atom stereocenters. The Labute approximate surface area is 151 Å². The molecule has 1 N–H and O–H groups in total. The van der Waals surface area contributed by atoms with Crippen LogP contribution in [0.2, 0.25) is 0 Å². The van der Waals surface area contributed by atoms with E-state index < -0.39 is 0 Å². The van der Waals surface area contributed by atoms with E-state index in [1.807, 2.05) is 18.2 Å². The number of nitrogens with one attached hydrogen (secondary N) is 1. The molecule has 6 nitrogen and oxygen atoms in total. The fourth-order valence-electron chi connectivity index (χ4n) is 3.30. The number of hydrogen-bond acceptors (Lipinski definition) is 4. The van der Waals surface area contributed by atoms with Crippen molar-refractivity contribution in [2.24, 2.45) is 5.92 Å². The Hall–Kier alpha value is -1.95. The predicted octanol–water partition coefficient (Wildman–Crippen LogP) is 2.58. The number of likely N-dealkylation sites (tertiary alicyclic amines) is 1. The Morgan fingerprint density at radius 3 is 2.84 bits per heavy atom. The quantitative estimate of drug-likeness (QED) is 0.784. The number of urea groups is 1. The Morgan fingerprint density at radius 2 is 2.16 bits per heavy atom. The molecule has 1 saturated heterocycles. The van der Waals surface area contributed by atoms with Gasteiger partial charge in [0.1, 0.15) is 11.5 Å². The van der Waals surface area contributed by atoms with Crippen molar-refractivity contribution in [2.45, 2.75) is 26.3 Å². The van der Waals surface area contributed by atoms with E-state index in [4.69, 9.17) is 9.47 Å². The van der Waals surface area contributed by atoms with Gasteiger partial charge in [-0.25, -0.2) is 4.79 Å². The van der Waals surface area contributed by atoms with Crippen molar-refractivity contribution >= 4 is 6.03 Å². The minimum atomic E-state index is -0.0567. The molecule has 1 aromatic carbocycles. The van der Waals surface area contributed by atoms with Gasteiger partial charge in [0.25, 0.3) is 0 Å². The number of benzene rings is 1. The molecule has 0 spiro atoms. The third-order valence-electron chi connectivity index (χ3n) is 4.69. The van der Waals surface area contributed by atoms with Gasteiger partial charge in [-0.2, -0.15) is 0 Å². The second-order valence-corrected chi connectivity index (χ2v) is 6.68. The van der Waals surface area contributed by atoms with Crippen LogP contribution in [0.3, 0.4) is 0 Å². The lowest BCUT2D eigenvalue weighted by Gasteiger charge is -2.21. The van der Waals surface area contributed by atoms with E-state index in [1.54, 1.807) is 26.2 Å². The number of carbonyl (C=O) groups is 1. The lowest BCUT2D eigenvalue weighted by Crippen LogP contribution is -2.39. The Balaban J connectivity index is 1.84. The van der Waals surface area contributed by atoms with E-state index in [0.29, 0.717) is 12.5 Å². The summed E-state index contributed by atoms with van der Waals surface area (Å²) in [7, 11) is 5.06. The fourth-order valence-corrected chi connectivity index (χ4v) is 3.30. The van der Waals surface area contributed by atoms with Gasteiger partial charge in [-0.15, -0.1) is 0 Å². The number of nitrogens with zero attached hydrogens (tertiary/aromatic N) is 2. The predicted molar refractivity (Wildman–Crippen MR) is 99.2 cm³/mol. The number of amides is 2. The lowest BCUT2D eigenvalue weighted by molar-refractivity contribution is 0.204. The summed E-state index contributed by atoms with van der Waals surface area (Å²) in [4.78, 5) is 16.5. The second-order valence-electron chi connectivity index (χ2n) is 6.68. The third-order valence-corrected chi connectivity index (χ3v) is 4.69. The number of rotatable bonds is 8. The van der Waals surface area contributed by atoms with Gasteiger partial charge in [-0.1, -0.05) is 6.92 Å². The Morgan fingerprint density at radius 1 is 1.36 bits per heavy atom. The van der Waals surface area contributed by atoms with Crippen LogP contribution in [-0.4, -0.2) is 63.3 Å². The number of ether oxygens (including phenoxy) is 2. The maximum atomic E-state index is 12.4. The smallest absolute Gasteiger partial charge is 0.317 e. The summed E-state index contributed by atoms with van der Waals surface area (Å²) >= 11 is 0. The average Bonchev–Trinajstić information content (AvgIpc) is 3.07. The molecule has 1 unspecified atom stereocenters. The molecular formula is C19H31N3O3. The molecule has 1 aromatic rings. The average molecular weight is 349 g/mol. The summed E-state index contributed by atoms with van der Waals surface area (Å²) in [6.07, 6.45) is 2.35. The maximum Gasteiger partial charge on any atom is 0.317 e. The zero-order valence-corrected chi connectivity index (χ0v) is 15.9. The van der Waals surface area contributed by atoms with Crippen LogP contribution in [-0.2, 0) is 6.54 Å². The first-order valence-electron chi connectivity index (χ1n) is 8.99. The van der Waals surface area contributed by atoms with Gasteiger partial charge in [0.2, 0.25) is 0 Å². The summed E-state index contributed by atoms with van der Waals surface area (Å²) < 4.78 is 10.6. The number of methoxy groups -OCH3 is 2. The highest BCUT2D eigenvalue weighted by atomic mass is 16.5. The van der Waals surface area contributed by atoms with Gasteiger partial charge in [0.15, 0.2) is 0 Å². The van der Waals surface area contributed by atoms with Crippen molar-refractivity contribution < 1.29 is 14.3 Å². The van der Waals surface area contributed by atoms with Crippen LogP contribution in [0.4, 0.5) is 4.79 Å². The Bertz CT molecular complexity index is 565. The standard InChI is InChI=1S/C19H31N3O3/c1-5-9-22-10-8-15(13-22)12-20-19(23)21(2)14-16-11-17(24-3)6-7-18(16)25-4/h6-7,11,15H,5,8-10,12-14H2,1-4H3,(H,20,23). The first-order valence-corrected chi connectivity index (χ1v) is 8.99. The van der Waals surface area contributed by atoms with Crippen molar-refractivity contribution in [3.63, 3.8) is 0 Å². The first kappa shape index (κ1) is 19.4. The van der Waals surface area contributed by atoms with Crippen molar-refractivity contribution in [3.05, 3.63) is 23.8 Å². The zero-order chi connectivity index (χ0) is 18.2. The van der Waals surface area contributed by atoms with Crippen LogP contribution in [0.15, 0.2) is 18.2 Å². The van der Waals surface area contributed by atoms with Crippen molar-refractivity contribution in [1.82, 2.24) is 15.1 Å². The minimum absolute atomic E-state index is 0.0567. The Kier molecular flexibility index (Phi) is 7.37. The zero-order valence-electron chi connectivity index (χ0n) is 15.9. The van der Waals surface area contributed by atoms with Crippen LogP contribution < -0.4 is 14.8 Å². The van der Waals surface area contributed by atoms with Gasteiger partial charge in [-0.05, 0) is 50.0 Å². The van der Waals surface area contributed by atoms with Crippen LogP contribution in [0.25, 0.3) is 0 Å². The molecule has 0 aliphatic carbocycles. The highest BCUT2D eigenvalue weighted by Crippen LogP contribution is 2.25. The van der Waals surface area contributed by atoms with Gasteiger partial charge in [-0.3, -0.25) is 0 Å². The van der Waals surface area contributed by atoms with Crippen LogP contribution in [0.5, 0.6) is 11.5 Å². The summed E-state index contributed by atoms with van der Waals surface area (Å²) in [5, 5.41) is 3.06. The number of carbonyl (C=O) groups excluding carboxylic acids is 1. The molecule has 140 valence electrons. The van der Waals surface area contributed by atoms with Gasteiger partial charge < -0.3 is 24.6 Å². The minimum Gasteiger partial charge on any atom is -0.497 e. The molecular weight excluding hydrogens is 318 g/mol. The van der Waals surface area contributed by atoms with Crippen molar-refractivity contribution in [3.8, 4) is 11.5 Å². The lowest BCUT2D eigenvalue weighted by atomic mass is 10.1. The molecule has 0 radical (unpaired) electrons. The molecule has 1 aliphatic rings. The fraction of sp³-hybridized carbons (Fsp3) is 0.632. The van der Waals surface area contributed by atoms with Crippen LogP contribution >= 0.6 is 0 Å². The highest BCUT2D eigenvalue weighted by molar-refractivity contribution is 5.74. The molecule has 2 amide bonds. The second kappa shape index (κ2) is 9.51. The van der Waals surface area contributed by atoms with E-state index >= 15 is 0 Å². The molecule has 1 aliphatic heterocycles. The van der Waals surface area contributed by atoms with E-state index in [9.17, 15) is 4.79 Å². The number of hydrogen-bond donors (Lipinski definition) is 1. The molecule has 1 fully saturated rings. The van der Waals surface area contributed by atoms with Crippen LogP contribution in [0, 0.1) is 5.92 Å².